The summed E-state index contributed by atoms with van der Waals surface area (Å²) in [4.78, 5) is 2.28. The smallest absolute Gasteiger partial charge is 0.103 e. The average molecular weight is 221 g/mol. The SMILES string of the molecule is CC.CCN1CCC(O)(c2ccccc2)C1. The maximum Gasteiger partial charge on any atom is 0.103 e. The van der Waals surface area contributed by atoms with Crippen molar-refractivity contribution in [3.8, 4) is 0 Å². The first-order valence-electron chi connectivity index (χ1n) is 6.25. The van der Waals surface area contributed by atoms with Crippen LogP contribution in [0.5, 0.6) is 0 Å². The summed E-state index contributed by atoms with van der Waals surface area (Å²) in [5.41, 5.74) is 0.438. The van der Waals surface area contributed by atoms with E-state index < -0.39 is 5.60 Å². The van der Waals surface area contributed by atoms with Crippen LogP contribution in [0.1, 0.15) is 32.8 Å². The third kappa shape index (κ3) is 2.83. The highest BCUT2D eigenvalue weighted by Gasteiger charge is 2.36. The molecular formula is C14H23NO. The molecule has 1 saturated heterocycles. The predicted octanol–water partition coefficient (Wildman–Crippen LogP) is 2.63. The van der Waals surface area contributed by atoms with E-state index in [4.69, 9.17) is 0 Å². The molecule has 0 aromatic heterocycles. The Morgan fingerprint density at radius 3 is 2.38 bits per heavy atom. The molecule has 1 fully saturated rings. The van der Waals surface area contributed by atoms with Crippen LogP contribution in [0.15, 0.2) is 30.3 Å². The van der Waals surface area contributed by atoms with E-state index in [1.165, 1.54) is 0 Å². The Morgan fingerprint density at radius 2 is 1.88 bits per heavy atom. The highest BCUT2D eigenvalue weighted by molar-refractivity contribution is 5.24. The maximum absolute atomic E-state index is 10.4. The summed E-state index contributed by atoms with van der Waals surface area (Å²) in [6, 6.07) is 9.99. The number of hydrogen-bond donors (Lipinski definition) is 1. The summed E-state index contributed by atoms with van der Waals surface area (Å²) in [5, 5.41) is 10.4. The van der Waals surface area contributed by atoms with Crippen LogP contribution in [-0.2, 0) is 5.60 Å². The molecule has 0 saturated carbocycles. The molecular weight excluding hydrogens is 198 g/mol. The molecule has 0 amide bonds. The zero-order valence-corrected chi connectivity index (χ0v) is 10.6. The molecule has 16 heavy (non-hydrogen) atoms. The van der Waals surface area contributed by atoms with Crippen molar-refractivity contribution in [3.63, 3.8) is 0 Å². The summed E-state index contributed by atoms with van der Waals surface area (Å²) >= 11 is 0. The van der Waals surface area contributed by atoms with Gasteiger partial charge in [-0.15, -0.1) is 0 Å². The lowest BCUT2D eigenvalue weighted by atomic mass is 9.93. The second-order valence-electron chi connectivity index (χ2n) is 4.02. The van der Waals surface area contributed by atoms with Gasteiger partial charge in [-0.05, 0) is 18.5 Å². The second kappa shape index (κ2) is 6.02. The number of likely N-dealkylation sites (tertiary alicyclic amines) is 1. The highest BCUT2D eigenvalue weighted by Crippen LogP contribution is 2.31. The first-order valence-corrected chi connectivity index (χ1v) is 6.25. The van der Waals surface area contributed by atoms with Crippen molar-refractivity contribution in [3.05, 3.63) is 35.9 Å². The van der Waals surface area contributed by atoms with Crippen molar-refractivity contribution in [2.24, 2.45) is 0 Å². The molecule has 0 aliphatic carbocycles. The fraction of sp³-hybridized carbons (Fsp3) is 0.571. The van der Waals surface area contributed by atoms with Gasteiger partial charge in [0.1, 0.15) is 5.60 Å². The minimum Gasteiger partial charge on any atom is -0.384 e. The molecule has 90 valence electrons. The van der Waals surface area contributed by atoms with Crippen molar-refractivity contribution in [1.82, 2.24) is 4.90 Å². The number of rotatable bonds is 2. The van der Waals surface area contributed by atoms with Crippen LogP contribution >= 0.6 is 0 Å². The lowest BCUT2D eigenvalue weighted by Gasteiger charge is -2.23. The van der Waals surface area contributed by atoms with Gasteiger partial charge in [0, 0.05) is 13.1 Å². The second-order valence-corrected chi connectivity index (χ2v) is 4.02. The molecule has 0 bridgehead atoms. The van der Waals surface area contributed by atoms with E-state index in [0.29, 0.717) is 0 Å². The van der Waals surface area contributed by atoms with Gasteiger partial charge < -0.3 is 10.0 Å². The first kappa shape index (κ1) is 13.2. The number of β-amino-alcohol motifs (C(OH)–C–C–N with tert-alkyl or cyclic N) is 1. The fourth-order valence-corrected chi connectivity index (χ4v) is 2.13. The number of aliphatic hydroxyl groups is 1. The summed E-state index contributed by atoms with van der Waals surface area (Å²) in [6.45, 7) is 8.93. The molecule has 1 N–H and O–H groups in total. The minimum atomic E-state index is -0.614. The van der Waals surface area contributed by atoms with Crippen molar-refractivity contribution in [2.75, 3.05) is 19.6 Å². The van der Waals surface area contributed by atoms with Crippen LogP contribution in [-0.4, -0.2) is 29.6 Å². The normalized spacial score (nSPS) is 25.0. The van der Waals surface area contributed by atoms with Crippen LogP contribution < -0.4 is 0 Å². The lowest BCUT2D eigenvalue weighted by Crippen LogP contribution is -2.30. The van der Waals surface area contributed by atoms with E-state index in [0.717, 1.165) is 31.6 Å². The van der Waals surface area contributed by atoms with Crippen LogP contribution in [0.3, 0.4) is 0 Å². The molecule has 1 aliphatic rings. The van der Waals surface area contributed by atoms with Gasteiger partial charge in [0.2, 0.25) is 0 Å². The van der Waals surface area contributed by atoms with E-state index in [1.807, 2.05) is 44.2 Å². The Hall–Kier alpha value is -0.860. The first-order chi connectivity index (χ1) is 7.74. The number of hydrogen-bond acceptors (Lipinski definition) is 2. The third-order valence-electron chi connectivity index (χ3n) is 3.09. The zero-order chi connectivity index (χ0) is 12.0. The molecule has 1 unspecified atom stereocenters. The number of benzene rings is 1. The van der Waals surface area contributed by atoms with E-state index in [9.17, 15) is 5.11 Å². The quantitative estimate of drug-likeness (QED) is 0.830. The molecule has 1 aromatic rings. The molecule has 1 aliphatic heterocycles. The molecule has 0 spiro atoms. The van der Waals surface area contributed by atoms with E-state index >= 15 is 0 Å². The molecule has 2 nitrogen and oxygen atoms in total. The predicted molar refractivity (Wildman–Crippen MR) is 68.4 cm³/mol. The van der Waals surface area contributed by atoms with Crippen molar-refractivity contribution in [2.45, 2.75) is 32.8 Å². The summed E-state index contributed by atoms with van der Waals surface area (Å²) in [7, 11) is 0. The van der Waals surface area contributed by atoms with Crippen molar-refractivity contribution in [1.29, 1.82) is 0 Å². The van der Waals surface area contributed by atoms with Gasteiger partial charge in [0.25, 0.3) is 0 Å². The van der Waals surface area contributed by atoms with Gasteiger partial charge in [-0.2, -0.15) is 0 Å². The van der Waals surface area contributed by atoms with E-state index in [1.54, 1.807) is 0 Å². The minimum absolute atomic E-state index is 0.614. The summed E-state index contributed by atoms with van der Waals surface area (Å²) in [5.74, 6) is 0. The van der Waals surface area contributed by atoms with Crippen LogP contribution in [0, 0.1) is 0 Å². The van der Waals surface area contributed by atoms with Gasteiger partial charge in [0.15, 0.2) is 0 Å². The molecule has 1 aromatic carbocycles. The van der Waals surface area contributed by atoms with Crippen LogP contribution in [0.4, 0.5) is 0 Å². The fourth-order valence-electron chi connectivity index (χ4n) is 2.13. The molecule has 1 atom stereocenters. The van der Waals surface area contributed by atoms with Gasteiger partial charge in [0.05, 0.1) is 0 Å². The maximum atomic E-state index is 10.4. The summed E-state index contributed by atoms with van der Waals surface area (Å²) < 4.78 is 0. The topological polar surface area (TPSA) is 23.5 Å². The van der Waals surface area contributed by atoms with Crippen LogP contribution in [0.25, 0.3) is 0 Å². The Kier molecular flexibility index (Phi) is 4.97. The van der Waals surface area contributed by atoms with Crippen molar-refractivity contribution >= 4 is 0 Å². The van der Waals surface area contributed by atoms with Gasteiger partial charge >= 0.3 is 0 Å². The Bertz CT molecular complexity index is 299. The standard InChI is InChI=1S/C12H17NO.C2H6/c1-2-13-9-8-12(14,10-13)11-6-4-3-5-7-11;1-2/h3-7,14H,2,8-10H2,1H3;1-2H3. The summed E-state index contributed by atoms with van der Waals surface area (Å²) in [6.07, 6.45) is 0.852. The zero-order valence-electron chi connectivity index (χ0n) is 10.6. The monoisotopic (exact) mass is 221 g/mol. The van der Waals surface area contributed by atoms with E-state index in [-0.39, 0.29) is 0 Å². The van der Waals surface area contributed by atoms with Gasteiger partial charge in [-0.1, -0.05) is 51.1 Å². The Morgan fingerprint density at radius 1 is 1.25 bits per heavy atom. The van der Waals surface area contributed by atoms with Crippen molar-refractivity contribution < 1.29 is 5.11 Å². The average Bonchev–Trinajstić information content (AvgIpc) is 2.76. The largest absolute Gasteiger partial charge is 0.384 e. The van der Waals surface area contributed by atoms with Gasteiger partial charge in [-0.3, -0.25) is 0 Å². The molecule has 2 rings (SSSR count). The lowest BCUT2D eigenvalue weighted by molar-refractivity contribution is 0.0467. The number of likely N-dealkylation sites (N-methyl/N-ethyl adjacent to an activating group) is 1. The Labute approximate surface area is 98.9 Å². The highest BCUT2D eigenvalue weighted by atomic mass is 16.3. The molecule has 2 heteroatoms. The molecule has 1 heterocycles. The number of nitrogens with zero attached hydrogens (tertiary/aromatic N) is 1. The van der Waals surface area contributed by atoms with Crippen LogP contribution in [0.2, 0.25) is 0 Å². The third-order valence-corrected chi connectivity index (χ3v) is 3.09. The Balaban J connectivity index is 0.000000606. The van der Waals surface area contributed by atoms with Gasteiger partial charge in [-0.25, -0.2) is 0 Å². The molecule has 0 radical (unpaired) electrons. The van der Waals surface area contributed by atoms with E-state index in [2.05, 4.69) is 11.8 Å².